The van der Waals surface area contributed by atoms with E-state index in [4.69, 9.17) is 23.7 Å². The van der Waals surface area contributed by atoms with Crippen LogP contribution in [0.5, 0.6) is 23.1 Å². The molecule has 3 atom stereocenters. The van der Waals surface area contributed by atoms with Crippen LogP contribution < -0.4 is 19.5 Å². The molecule has 0 radical (unpaired) electrons. The number of aliphatic hydroxyl groups excluding tert-OH is 1. The van der Waals surface area contributed by atoms with Gasteiger partial charge >= 0.3 is 12.1 Å². The SMILES string of the molecule is COc1ccc(C(OC[C@H]2O[C@@H](n3cnc4c(Oc5c(F)c(F)c(F)c(F)c5F)nc(NC(=O)C(F)(F)F)nc43)C[C@@H]2O)(c2ccccc2)c2ccc(OC)cc2)cc1. The molecule has 1 fully saturated rings. The summed E-state index contributed by atoms with van der Waals surface area (Å²) in [4.78, 5) is 23.2. The molecule has 2 N–H and O–H groups in total. The average Bonchev–Trinajstić information content (AvgIpc) is 3.84. The second-order valence-corrected chi connectivity index (χ2v) is 12.9. The second kappa shape index (κ2) is 16.1. The van der Waals surface area contributed by atoms with E-state index in [0.29, 0.717) is 28.2 Å². The van der Waals surface area contributed by atoms with Crippen LogP contribution in [0.25, 0.3) is 11.2 Å². The van der Waals surface area contributed by atoms with Gasteiger partial charge in [-0.3, -0.25) is 14.7 Å². The van der Waals surface area contributed by atoms with E-state index >= 15 is 0 Å². The number of benzene rings is 4. The predicted octanol–water partition coefficient (Wildman–Crippen LogP) is 7.49. The Balaban J connectivity index is 1.25. The molecule has 20 heteroatoms. The minimum atomic E-state index is -5.47. The lowest BCUT2D eigenvalue weighted by atomic mass is 9.80. The quantitative estimate of drug-likeness (QED) is 0.0552. The number of imidazole rings is 1. The van der Waals surface area contributed by atoms with Gasteiger partial charge in [0, 0.05) is 6.42 Å². The number of carbonyl (C=O) groups is 1. The number of aromatic nitrogens is 4. The van der Waals surface area contributed by atoms with Crippen LogP contribution in [0.2, 0.25) is 0 Å². The van der Waals surface area contributed by atoms with Gasteiger partial charge in [-0.2, -0.15) is 31.9 Å². The number of rotatable bonds is 12. The zero-order valence-electron chi connectivity index (χ0n) is 30.4. The molecule has 59 heavy (non-hydrogen) atoms. The molecule has 0 unspecified atom stereocenters. The van der Waals surface area contributed by atoms with E-state index in [1.54, 1.807) is 24.3 Å². The van der Waals surface area contributed by atoms with Gasteiger partial charge in [0.2, 0.25) is 40.8 Å². The molecule has 0 spiro atoms. The highest BCUT2D eigenvalue weighted by Crippen LogP contribution is 2.43. The summed E-state index contributed by atoms with van der Waals surface area (Å²) in [6.45, 7) is -0.284. The minimum absolute atomic E-state index is 0.217. The standard InChI is InChI=1S/C39H29F8N5O7/c1-55-22-12-8-20(9-13-22)38(19-6-4-3-5-7-19,21-10-14-23(56-2)15-11-21)57-17-25-24(53)16-26(58-25)52-18-48-32-34(52)49-37(51-36(54)39(45,46)47)50-35(32)59-33-30(43)28(41)27(40)29(42)31(33)44/h3-15,18,24-26,53H,16-17H2,1-2H3,(H,49,50,51,54)/t24-,25+,26+/m0/s1. The molecule has 6 aromatic rings. The maximum absolute atomic E-state index is 14.6. The Morgan fingerprint density at radius 1 is 0.814 bits per heavy atom. The van der Waals surface area contributed by atoms with E-state index in [1.165, 1.54) is 19.5 Å². The molecule has 0 saturated carbocycles. The number of methoxy groups -OCH3 is 2. The van der Waals surface area contributed by atoms with Crippen LogP contribution in [-0.2, 0) is 19.9 Å². The van der Waals surface area contributed by atoms with E-state index in [-0.39, 0.29) is 13.0 Å². The normalized spacial score (nSPS) is 17.0. The Labute approximate surface area is 327 Å². The van der Waals surface area contributed by atoms with Crippen LogP contribution in [0.15, 0.2) is 85.2 Å². The summed E-state index contributed by atoms with van der Waals surface area (Å²) in [7, 11) is 3.04. The van der Waals surface area contributed by atoms with Gasteiger partial charge in [0.05, 0.1) is 33.3 Å². The lowest BCUT2D eigenvalue weighted by molar-refractivity contribution is -0.167. The van der Waals surface area contributed by atoms with Gasteiger partial charge in [-0.15, -0.1) is 0 Å². The van der Waals surface area contributed by atoms with E-state index in [0.717, 1.165) is 10.9 Å². The Kier molecular flexibility index (Phi) is 11.1. The van der Waals surface area contributed by atoms with E-state index in [9.17, 15) is 45.0 Å². The van der Waals surface area contributed by atoms with Crippen molar-refractivity contribution in [3.63, 3.8) is 0 Å². The summed E-state index contributed by atoms with van der Waals surface area (Å²) in [5.74, 6) is -17.7. The molecule has 308 valence electrons. The molecule has 1 aliphatic heterocycles. The number of anilines is 1. The fourth-order valence-corrected chi connectivity index (χ4v) is 6.49. The number of aliphatic hydroxyl groups is 1. The van der Waals surface area contributed by atoms with Gasteiger partial charge < -0.3 is 28.8 Å². The van der Waals surface area contributed by atoms with Crippen molar-refractivity contribution < 1.29 is 68.7 Å². The first-order valence-electron chi connectivity index (χ1n) is 17.3. The second-order valence-electron chi connectivity index (χ2n) is 12.9. The number of nitrogens with zero attached hydrogens (tertiary/aromatic N) is 4. The number of hydrogen-bond acceptors (Lipinski definition) is 10. The summed E-state index contributed by atoms with van der Waals surface area (Å²) in [6.07, 6.45) is -8.30. The van der Waals surface area contributed by atoms with Crippen LogP contribution in [0.1, 0.15) is 29.3 Å². The number of ether oxygens (including phenoxy) is 5. The van der Waals surface area contributed by atoms with Gasteiger partial charge in [0.15, 0.2) is 11.2 Å². The van der Waals surface area contributed by atoms with Gasteiger partial charge in [-0.05, 0) is 41.0 Å². The third-order valence-electron chi connectivity index (χ3n) is 9.39. The van der Waals surface area contributed by atoms with Gasteiger partial charge in [-0.25, -0.2) is 18.2 Å². The fraction of sp³-hybridized carbons (Fsp3) is 0.231. The van der Waals surface area contributed by atoms with Crippen molar-refractivity contribution in [1.82, 2.24) is 19.5 Å². The van der Waals surface area contributed by atoms with Crippen LogP contribution in [-0.4, -0.2) is 69.7 Å². The van der Waals surface area contributed by atoms with Crippen molar-refractivity contribution in [3.05, 3.63) is 131 Å². The highest BCUT2D eigenvalue weighted by atomic mass is 19.4. The summed E-state index contributed by atoms with van der Waals surface area (Å²) in [5.41, 5.74) is -0.399. The molecule has 7 rings (SSSR count). The van der Waals surface area contributed by atoms with Crippen molar-refractivity contribution in [2.45, 2.75) is 36.6 Å². The Morgan fingerprint density at radius 2 is 1.36 bits per heavy atom. The minimum Gasteiger partial charge on any atom is -0.497 e. The fourth-order valence-electron chi connectivity index (χ4n) is 6.49. The van der Waals surface area contributed by atoms with E-state index < -0.39 is 93.9 Å². The average molecular weight is 832 g/mol. The van der Waals surface area contributed by atoms with Crippen molar-refractivity contribution >= 4 is 23.0 Å². The first kappa shape index (κ1) is 40.8. The molecule has 1 aliphatic rings. The smallest absolute Gasteiger partial charge is 0.471 e. The zero-order chi connectivity index (χ0) is 42.2. The van der Waals surface area contributed by atoms with E-state index in [2.05, 4.69) is 15.0 Å². The predicted molar refractivity (Wildman–Crippen MR) is 189 cm³/mol. The number of nitrogens with one attached hydrogen (secondary N) is 1. The third-order valence-corrected chi connectivity index (χ3v) is 9.39. The summed E-state index contributed by atoms with van der Waals surface area (Å²) < 4.78 is 141. The van der Waals surface area contributed by atoms with Gasteiger partial charge in [0.1, 0.15) is 29.4 Å². The van der Waals surface area contributed by atoms with Crippen molar-refractivity contribution in [2.24, 2.45) is 0 Å². The van der Waals surface area contributed by atoms with Crippen LogP contribution in [0.4, 0.5) is 41.1 Å². The highest BCUT2D eigenvalue weighted by molar-refractivity contribution is 5.94. The van der Waals surface area contributed by atoms with Crippen LogP contribution >= 0.6 is 0 Å². The molecule has 1 amide bonds. The lowest BCUT2D eigenvalue weighted by Crippen LogP contribution is -2.38. The zero-order valence-corrected chi connectivity index (χ0v) is 30.4. The number of amides is 1. The third kappa shape index (κ3) is 7.68. The molecule has 2 aromatic heterocycles. The lowest BCUT2D eigenvalue weighted by Gasteiger charge is -2.37. The monoisotopic (exact) mass is 831 g/mol. The van der Waals surface area contributed by atoms with Crippen molar-refractivity contribution in [1.29, 1.82) is 0 Å². The number of fused-ring (bicyclic) bond motifs is 1. The summed E-state index contributed by atoms with van der Waals surface area (Å²) >= 11 is 0. The highest BCUT2D eigenvalue weighted by Gasteiger charge is 2.43. The number of carbonyl (C=O) groups excluding carboxylic acids is 1. The summed E-state index contributed by atoms with van der Waals surface area (Å²) in [6, 6.07) is 23.4. The van der Waals surface area contributed by atoms with Crippen LogP contribution in [0.3, 0.4) is 0 Å². The first-order chi connectivity index (χ1) is 28.2. The molecule has 1 saturated heterocycles. The Bertz CT molecular complexity index is 2410. The van der Waals surface area contributed by atoms with Crippen LogP contribution in [0, 0.1) is 29.1 Å². The maximum Gasteiger partial charge on any atom is 0.471 e. The number of halogens is 8. The topological polar surface area (TPSA) is 139 Å². The molecular weight excluding hydrogens is 802 g/mol. The molecule has 12 nitrogen and oxygen atoms in total. The van der Waals surface area contributed by atoms with Crippen molar-refractivity contribution in [3.8, 4) is 23.1 Å². The van der Waals surface area contributed by atoms with Crippen molar-refractivity contribution in [2.75, 3.05) is 26.1 Å². The largest absolute Gasteiger partial charge is 0.497 e. The molecule has 0 aliphatic carbocycles. The summed E-state index contributed by atoms with van der Waals surface area (Å²) in [5, 5.41) is 12.7. The Hall–Kier alpha value is -6.38. The van der Waals surface area contributed by atoms with E-state index in [1.807, 2.05) is 54.6 Å². The number of hydrogen-bond donors (Lipinski definition) is 2. The molecular formula is C39H29F8N5O7. The molecule has 3 heterocycles. The number of alkyl halides is 3. The van der Waals surface area contributed by atoms with Gasteiger partial charge in [-0.1, -0.05) is 54.6 Å². The molecule has 0 bridgehead atoms. The Morgan fingerprint density at radius 3 is 1.90 bits per heavy atom. The maximum atomic E-state index is 14.6. The first-order valence-corrected chi connectivity index (χ1v) is 17.3. The molecule has 4 aromatic carbocycles. The van der Waals surface area contributed by atoms with Gasteiger partial charge in [0.25, 0.3) is 5.88 Å².